The molecule has 12 atom stereocenters. The Morgan fingerprint density at radius 3 is 0.988 bits per heavy atom. The summed E-state index contributed by atoms with van der Waals surface area (Å²) in [7, 11) is 0. The predicted molar refractivity (Wildman–Crippen MR) is 351 cm³/mol. The number of hydrogen-bond donors (Lipinski definition) is 9. The molecule has 0 aromatic heterocycles. The van der Waals surface area contributed by atoms with E-state index in [0.29, 0.717) is 12.8 Å². The lowest BCUT2D eigenvalue weighted by Gasteiger charge is -2.46. The van der Waals surface area contributed by atoms with Gasteiger partial charge in [-0.25, -0.2) is 0 Å². The van der Waals surface area contributed by atoms with Gasteiger partial charge in [0.15, 0.2) is 12.6 Å². The molecule has 1 amide bonds. The van der Waals surface area contributed by atoms with E-state index in [1.54, 1.807) is 0 Å². The molecular weight excluding hydrogens is 1090 g/mol. The molecule has 14 heteroatoms. The Bertz CT molecular complexity index is 1450. The van der Waals surface area contributed by atoms with Gasteiger partial charge in [0, 0.05) is 6.42 Å². The van der Waals surface area contributed by atoms with E-state index in [0.717, 1.165) is 51.4 Å². The normalized spacial score (nSPS) is 23.3. The molecule has 12 unspecified atom stereocenters. The molecule has 86 heavy (non-hydrogen) atoms. The number of aliphatic hydroxyl groups is 8. The molecule has 512 valence electrons. The zero-order valence-corrected chi connectivity index (χ0v) is 55.9. The highest BCUT2D eigenvalue weighted by molar-refractivity contribution is 5.76. The van der Waals surface area contributed by atoms with Gasteiger partial charge in [-0.1, -0.05) is 341 Å². The van der Waals surface area contributed by atoms with Gasteiger partial charge in [-0.2, -0.15) is 0 Å². The maximum atomic E-state index is 13.3. The molecule has 2 aliphatic heterocycles. The summed E-state index contributed by atoms with van der Waals surface area (Å²) >= 11 is 0. The van der Waals surface area contributed by atoms with E-state index in [2.05, 4.69) is 19.2 Å². The number of ether oxygens (including phenoxy) is 4. The Labute approximate surface area is 527 Å². The van der Waals surface area contributed by atoms with E-state index >= 15 is 0 Å². The Hall–Kier alpha value is -1.01. The summed E-state index contributed by atoms with van der Waals surface area (Å²) < 4.78 is 22.9. The second kappa shape index (κ2) is 57.9. The smallest absolute Gasteiger partial charge is 0.220 e. The molecular formula is C72H141NO13. The molecule has 0 aliphatic carbocycles. The van der Waals surface area contributed by atoms with Gasteiger partial charge in [0.1, 0.15) is 48.8 Å². The highest BCUT2D eigenvalue weighted by Crippen LogP contribution is 2.30. The van der Waals surface area contributed by atoms with Crippen molar-refractivity contribution in [3.63, 3.8) is 0 Å². The highest BCUT2D eigenvalue weighted by atomic mass is 16.7. The number of unbranched alkanes of at least 4 members (excludes halogenated alkanes) is 50. The molecule has 2 rings (SSSR count). The summed E-state index contributed by atoms with van der Waals surface area (Å²) in [6, 6.07) is -0.823. The van der Waals surface area contributed by atoms with Gasteiger partial charge in [0.05, 0.1) is 32.0 Å². The van der Waals surface area contributed by atoms with Crippen LogP contribution in [0.3, 0.4) is 0 Å². The van der Waals surface area contributed by atoms with Gasteiger partial charge in [0.25, 0.3) is 0 Å². The monoisotopic (exact) mass is 1230 g/mol. The molecule has 2 aliphatic rings. The second-order valence-corrected chi connectivity index (χ2v) is 26.8. The van der Waals surface area contributed by atoms with Gasteiger partial charge >= 0.3 is 0 Å². The van der Waals surface area contributed by atoms with Crippen molar-refractivity contribution in [2.24, 2.45) is 0 Å². The van der Waals surface area contributed by atoms with E-state index in [4.69, 9.17) is 18.9 Å². The standard InChI is InChI=1S/C72H141NO13/c1-3-5-7-9-11-13-15-17-19-20-21-22-23-24-25-26-27-28-29-30-31-32-33-34-35-36-37-38-39-40-41-42-44-46-48-50-52-54-56-64(77)73-60(61(76)55-53-51-49-47-45-43-18-16-14-12-10-8-6-4-2)59-83-71-69(82)67(80)70(63(58-75)85-71)86-72-68(81)66(79)65(78)62(57-74)84-72/h60-63,65-72,74-76,78-82H,3-59H2,1-2H3,(H,73,77). The largest absolute Gasteiger partial charge is 0.394 e. The fourth-order valence-electron chi connectivity index (χ4n) is 12.9. The van der Waals surface area contributed by atoms with E-state index in [1.165, 1.54) is 283 Å². The number of hydrogen-bond acceptors (Lipinski definition) is 13. The first-order valence-corrected chi connectivity index (χ1v) is 37.3. The first-order chi connectivity index (χ1) is 42.1. The Morgan fingerprint density at radius 1 is 0.372 bits per heavy atom. The van der Waals surface area contributed by atoms with Crippen LogP contribution in [0.2, 0.25) is 0 Å². The lowest BCUT2D eigenvalue weighted by atomic mass is 9.97. The zero-order chi connectivity index (χ0) is 62.3. The predicted octanol–water partition coefficient (Wildman–Crippen LogP) is 15.6. The molecule has 0 aromatic carbocycles. The maximum absolute atomic E-state index is 13.3. The molecule has 0 radical (unpaired) electrons. The molecule has 2 saturated heterocycles. The Kier molecular flexibility index (Phi) is 54.5. The van der Waals surface area contributed by atoms with Crippen LogP contribution in [0.5, 0.6) is 0 Å². The third-order valence-corrected chi connectivity index (χ3v) is 18.8. The zero-order valence-electron chi connectivity index (χ0n) is 55.9. The molecule has 0 spiro atoms. The van der Waals surface area contributed by atoms with Crippen molar-refractivity contribution in [3.05, 3.63) is 0 Å². The fourth-order valence-corrected chi connectivity index (χ4v) is 12.9. The first-order valence-electron chi connectivity index (χ1n) is 37.3. The summed E-state index contributed by atoms with van der Waals surface area (Å²) in [4.78, 5) is 13.3. The summed E-state index contributed by atoms with van der Waals surface area (Å²) in [5.41, 5.74) is 0. The van der Waals surface area contributed by atoms with Gasteiger partial charge in [0.2, 0.25) is 5.91 Å². The Morgan fingerprint density at radius 2 is 0.663 bits per heavy atom. The third kappa shape index (κ3) is 41.5. The SMILES string of the molecule is CCCCCCCCCCCCCCCCCCCCCCCCCCCCCCCCCCCCCCCCC(=O)NC(COC1OC(CO)C(OC2OC(CO)C(O)C(O)C2O)C(O)C1O)C(O)CCCCCCCCCCCCCCCC. The van der Waals surface area contributed by atoms with Crippen molar-refractivity contribution in [3.8, 4) is 0 Å². The third-order valence-electron chi connectivity index (χ3n) is 18.8. The molecule has 0 aromatic rings. The topological polar surface area (TPSA) is 228 Å². The molecule has 9 N–H and O–H groups in total. The van der Waals surface area contributed by atoms with Gasteiger partial charge in [-0.15, -0.1) is 0 Å². The van der Waals surface area contributed by atoms with Crippen LogP contribution < -0.4 is 5.32 Å². The van der Waals surface area contributed by atoms with E-state index in [9.17, 15) is 45.6 Å². The van der Waals surface area contributed by atoms with E-state index < -0.39 is 86.8 Å². The number of carbonyl (C=O) groups is 1. The highest BCUT2D eigenvalue weighted by Gasteiger charge is 2.51. The molecule has 0 saturated carbocycles. The first kappa shape index (κ1) is 81.1. The molecule has 2 heterocycles. The van der Waals surface area contributed by atoms with Crippen molar-refractivity contribution in [1.82, 2.24) is 5.32 Å². The fraction of sp³-hybridized carbons (Fsp3) is 0.986. The van der Waals surface area contributed by atoms with Gasteiger partial charge < -0.3 is 65.1 Å². The van der Waals surface area contributed by atoms with Crippen molar-refractivity contribution in [1.29, 1.82) is 0 Å². The van der Waals surface area contributed by atoms with Crippen LogP contribution in [-0.4, -0.2) is 140 Å². The summed E-state index contributed by atoms with van der Waals surface area (Å²) in [6.07, 6.45) is 53.1. The van der Waals surface area contributed by atoms with E-state index in [-0.39, 0.29) is 12.5 Å². The van der Waals surface area contributed by atoms with Crippen LogP contribution in [0.25, 0.3) is 0 Å². The lowest BCUT2D eigenvalue weighted by molar-refractivity contribution is -0.359. The van der Waals surface area contributed by atoms with Crippen LogP contribution in [0.15, 0.2) is 0 Å². The van der Waals surface area contributed by atoms with Crippen molar-refractivity contribution in [2.75, 3.05) is 19.8 Å². The molecule has 14 nitrogen and oxygen atoms in total. The summed E-state index contributed by atoms with van der Waals surface area (Å²) in [5.74, 6) is -0.198. The van der Waals surface area contributed by atoms with Gasteiger partial charge in [-0.3, -0.25) is 4.79 Å². The van der Waals surface area contributed by atoms with Crippen LogP contribution >= 0.6 is 0 Å². The number of rotatable bonds is 63. The van der Waals surface area contributed by atoms with Crippen molar-refractivity contribution >= 4 is 5.91 Å². The lowest BCUT2D eigenvalue weighted by Crippen LogP contribution is -2.65. The Balaban J connectivity index is 1.53. The summed E-state index contributed by atoms with van der Waals surface area (Å²) in [5, 5.41) is 87.5. The minimum Gasteiger partial charge on any atom is -0.394 e. The van der Waals surface area contributed by atoms with Crippen LogP contribution in [0, 0.1) is 0 Å². The second-order valence-electron chi connectivity index (χ2n) is 26.8. The average molecular weight is 1230 g/mol. The van der Waals surface area contributed by atoms with Crippen molar-refractivity contribution < 1.29 is 64.6 Å². The van der Waals surface area contributed by atoms with Crippen LogP contribution in [-0.2, 0) is 23.7 Å². The van der Waals surface area contributed by atoms with E-state index in [1.807, 2.05) is 0 Å². The van der Waals surface area contributed by atoms with Crippen LogP contribution in [0.1, 0.15) is 361 Å². The minimum absolute atomic E-state index is 0.198. The number of amides is 1. The number of aliphatic hydroxyl groups excluding tert-OH is 8. The molecule has 2 fully saturated rings. The minimum atomic E-state index is -1.78. The quantitative estimate of drug-likeness (QED) is 0.0259. The van der Waals surface area contributed by atoms with Crippen LogP contribution in [0.4, 0.5) is 0 Å². The van der Waals surface area contributed by atoms with Crippen molar-refractivity contribution in [2.45, 2.75) is 434 Å². The number of nitrogens with one attached hydrogen (secondary N) is 1. The van der Waals surface area contributed by atoms with Gasteiger partial charge in [-0.05, 0) is 12.8 Å². The maximum Gasteiger partial charge on any atom is 0.220 e. The number of carbonyl (C=O) groups excluding carboxylic acids is 1. The molecule has 0 bridgehead atoms. The summed E-state index contributed by atoms with van der Waals surface area (Å²) in [6.45, 7) is 2.91. The average Bonchev–Trinajstić information content (AvgIpc) is 1.34.